The molecule has 0 bridgehead atoms. The summed E-state index contributed by atoms with van der Waals surface area (Å²) in [5.74, 6) is -0.191. The molecule has 24 heavy (non-hydrogen) atoms. The number of rotatable bonds is 7. The fourth-order valence-electron chi connectivity index (χ4n) is 1.85. The zero-order valence-corrected chi connectivity index (χ0v) is 14.4. The smallest absolute Gasteiger partial charge is 0.273 e. The zero-order chi connectivity index (χ0) is 17.5. The van der Waals surface area contributed by atoms with Gasteiger partial charge in [-0.1, -0.05) is 13.8 Å². The molecule has 0 saturated heterocycles. The van der Waals surface area contributed by atoms with E-state index < -0.39 is 0 Å². The number of anilines is 1. The monoisotopic (exact) mass is 348 g/mol. The van der Waals surface area contributed by atoms with Crippen molar-refractivity contribution in [2.75, 3.05) is 18.8 Å². The molecule has 0 saturated carbocycles. The number of nitrogens with two attached hydrogens (primary N) is 1. The van der Waals surface area contributed by atoms with Gasteiger partial charge in [-0.25, -0.2) is 15.0 Å². The van der Waals surface area contributed by atoms with Gasteiger partial charge < -0.3 is 16.4 Å². The lowest BCUT2D eigenvalue weighted by molar-refractivity contribution is 0.0947. The van der Waals surface area contributed by atoms with Crippen molar-refractivity contribution in [2.24, 2.45) is 0 Å². The van der Waals surface area contributed by atoms with Gasteiger partial charge in [0.1, 0.15) is 5.69 Å². The van der Waals surface area contributed by atoms with E-state index in [-0.39, 0.29) is 23.3 Å². The Hall–Kier alpha value is -2.55. The summed E-state index contributed by atoms with van der Waals surface area (Å²) in [6.45, 7) is 4.90. The van der Waals surface area contributed by atoms with Crippen molar-refractivity contribution in [3.05, 3.63) is 34.2 Å². The lowest BCUT2D eigenvalue weighted by Gasteiger charge is -2.06. The van der Waals surface area contributed by atoms with Crippen molar-refractivity contribution in [3.63, 3.8) is 0 Å². The predicted octanol–water partition coefficient (Wildman–Crippen LogP) is 1.19. The van der Waals surface area contributed by atoms with Crippen LogP contribution in [-0.4, -0.2) is 39.9 Å². The summed E-state index contributed by atoms with van der Waals surface area (Å²) in [5.41, 5.74) is 6.11. The van der Waals surface area contributed by atoms with Crippen molar-refractivity contribution >= 4 is 29.0 Å². The highest BCUT2D eigenvalue weighted by molar-refractivity contribution is 7.09. The van der Waals surface area contributed by atoms with Crippen LogP contribution in [0.4, 0.5) is 5.82 Å². The van der Waals surface area contributed by atoms with Crippen LogP contribution in [-0.2, 0) is 0 Å². The summed E-state index contributed by atoms with van der Waals surface area (Å²) in [5, 5.41) is 8.16. The highest BCUT2D eigenvalue weighted by atomic mass is 32.1. The minimum absolute atomic E-state index is 0.0905. The zero-order valence-electron chi connectivity index (χ0n) is 13.6. The Balaban J connectivity index is 1.70. The summed E-state index contributed by atoms with van der Waals surface area (Å²) in [6.07, 6.45) is 3.41. The van der Waals surface area contributed by atoms with Gasteiger partial charge in [0.05, 0.1) is 5.01 Å². The number of carbonyl (C=O) groups excluding carboxylic acids is 2. The maximum Gasteiger partial charge on any atom is 0.273 e. The molecule has 0 aliphatic rings. The molecule has 0 radical (unpaired) electrons. The number of hydrogen-bond donors (Lipinski definition) is 3. The van der Waals surface area contributed by atoms with Gasteiger partial charge in [-0.15, -0.1) is 11.3 Å². The molecule has 0 atom stereocenters. The number of nitrogen functional groups attached to an aromatic ring is 1. The van der Waals surface area contributed by atoms with Gasteiger partial charge in [0, 0.05) is 36.8 Å². The van der Waals surface area contributed by atoms with Crippen LogP contribution in [0.3, 0.4) is 0 Å². The van der Waals surface area contributed by atoms with E-state index in [1.807, 2.05) is 13.8 Å². The molecule has 9 heteroatoms. The molecule has 0 aliphatic carbocycles. The SMILES string of the molecule is CC(C)c1nc(C(=O)NCCCNC(=O)c2nccnc2N)cs1. The highest BCUT2D eigenvalue weighted by Gasteiger charge is 2.13. The van der Waals surface area contributed by atoms with Crippen molar-refractivity contribution in [3.8, 4) is 0 Å². The average Bonchev–Trinajstić information content (AvgIpc) is 3.05. The maximum absolute atomic E-state index is 12.0. The van der Waals surface area contributed by atoms with Gasteiger partial charge >= 0.3 is 0 Å². The van der Waals surface area contributed by atoms with Crippen LogP contribution in [0.1, 0.15) is 52.2 Å². The first kappa shape index (κ1) is 17.8. The molecule has 2 aromatic heterocycles. The Morgan fingerprint density at radius 3 is 2.46 bits per heavy atom. The quantitative estimate of drug-likeness (QED) is 0.646. The third-order valence-corrected chi connectivity index (χ3v) is 4.26. The first-order chi connectivity index (χ1) is 11.5. The maximum atomic E-state index is 12.0. The Kier molecular flexibility index (Phi) is 6.19. The lowest BCUT2D eigenvalue weighted by Crippen LogP contribution is -2.30. The van der Waals surface area contributed by atoms with Gasteiger partial charge in [-0.3, -0.25) is 9.59 Å². The Morgan fingerprint density at radius 2 is 1.83 bits per heavy atom. The van der Waals surface area contributed by atoms with Crippen LogP contribution in [0.5, 0.6) is 0 Å². The second-order valence-corrected chi connectivity index (χ2v) is 6.27. The molecule has 0 aliphatic heterocycles. The minimum Gasteiger partial charge on any atom is -0.382 e. The first-order valence-electron chi connectivity index (χ1n) is 7.57. The molecule has 8 nitrogen and oxygen atoms in total. The fourth-order valence-corrected chi connectivity index (χ4v) is 2.66. The number of nitrogens with zero attached hydrogens (tertiary/aromatic N) is 3. The Bertz CT molecular complexity index is 715. The standard InChI is InChI=1S/C15H20N6O2S/c1-9(2)15-21-10(8-24-15)13(22)19-4-3-5-20-14(23)11-12(16)18-7-6-17-11/h6-9H,3-5H2,1-2H3,(H2,16,18)(H,19,22)(H,20,23). The highest BCUT2D eigenvalue weighted by Crippen LogP contribution is 2.18. The predicted molar refractivity (Wildman–Crippen MR) is 91.9 cm³/mol. The Labute approximate surface area is 143 Å². The average molecular weight is 348 g/mol. The molecule has 128 valence electrons. The van der Waals surface area contributed by atoms with Crippen LogP contribution < -0.4 is 16.4 Å². The molecule has 0 fully saturated rings. The van der Waals surface area contributed by atoms with E-state index in [2.05, 4.69) is 25.6 Å². The lowest BCUT2D eigenvalue weighted by atomic mass is 10.2. The van der Waals surface area contributed by atoms with Crippen molar-refractivity contribution in [2.45, 2.75) is 26.2 Å². The van der Waals surface area contributed by atoms with Gasteiger partial charge in [-0.2, -0.15) is 0 Å². The molecule has 0 spiro atoms. The van der Waals surface area contributed by atoms with E-state index in [0.29, 0.717) is 31.1 Å². The number of aromatic nitrogens is 3. The number of hydrogen-bond acceptors (Lipinski definition) is 7. The summed E-state index contributed by atoms with van der Waals surface area (Å²) < 4.78 is 0. The van der Waals surface area contributed by atoms with E-state index in [1.165, 1.54) is 23.7 Å². The van der Waals surface area contributed by atoms with E-state index in [0.717, 1.165) is 5.01 Å². The van der Waals surface area contributed by atoms with Crippen LogP contribution in [0, 0.1) is 0 Å². The molecular formula is C15H20N6O2S. The number of amides is 2. The topological polar surface area (TPSA) is 123 Å². The molecule has 0 unspecified atom stereocenters. The molecule has 0 aromatic carbocycles. The van der Waals surface area contributed by atoms with Gasteiger partial charge in [0.15, 0.2) is 11.5 Å². The molecule has 4 N–H and O–H groups in total. The molecule has 2 amide bonds. The van der Waals surface area contributed by atoms with Crippen LogP contribution in [0.15, 0.2) is 17.8 Å². The summed E-state index contributed by atoms with van der Waals surface area (Å²) in [6, 6.07) is 0. The normalized spacial score (nSPS) is 10.6. The van der Waals surface area contributed by atoms with Gasteiger partial charge in [0.2, 0.25) is 0 Å². The molecular weight excluding hydrogens is 328 g/mol. The van der Waals surface area contributed by atoms with Crippen LogP contribution in [0.25, 0.3) is 0 Å². The number of carbonyl (C=O) groups is 2. The summed E-state index contributed by atoms with van der Waals surface area (Å²) in [7, 11) is 0. The number of nitrogens with one attached hydrogen (secondary N) is 2. The third kappa shape index (κ3) is 4.72. The van der Waals surface area contributed by atoms with Crippen molar-refractivity contribution < 1.29 is 9.59 Å². The minimum atomic E-state index is -0.381. The molecule has 2 heterocycles. The van der Waals surface area contributed by atoms with E-state index in [1.54, 1.807) is 5.38 Å². The van der Waals surface area contributed by atoms with Gasteiger partial charge in [-0.05, 0) is 6.42 Å². The van der Waals surface area contributed by atoms with Gasteiger partial charge in [0.25, 0.3) is 11.8 Å². The Morgan fingerprint density at radius 1 is 1.17 bits per heavy atom. The van der Waals surface area contributed by atoms with Crippen molar-refractivity contribution in [1.29, 1.82) is 0 Å². The van der Waals surface area contributed by atoms with E-state index >= 15 is 0 Å². The molecule has 2 aromatic rings. The third-order valence-electron chi connectivity index (χ3n) is 3.11. The second-order valence-electron chi connectivity index (χ2n) is 5.38. The van der Waals surface area contributed by atoms with Crippen LogP contribution in [0.2, 0.25) is 0 Å². The largest absolute Gasteiger partial charge is 0.382 e. The number of thiazole rings is 1. The molecule has 2 rings (SSSR count). The summed E-state index contributed by atoms with van der Waals surface area (Å²) >= 11 is 1.48. The van der Waals surface area contributed by atoms with Crippen molar-refractivity contribution in [1.82, 2.24) is 25.6 Å². The van der Waals surface area contributed by atoms with Crippen LogP contribution >= 0.6 is 11.3 Å². The first-order valence-corrected chi connectivity index (χ1v) is 8.45. The van der Waals surface area contributed by atoms with E-state index in [4.69, 9.17) is 5.73 Å². The summed E-state index contributed by atoms with van der Waals surface area (Å²) in [4.78, 5) is 35.8. The second kappa shape index (κ2) is 8.34. The fraction of sp³-hybridized carbons (Fsp3) is 0.400. The van der Waals surface area contributed by atoms with E-state index in [9.17, 15) is 9.59 Å².